The number of hydrogen-bond acceptors (Lipinski definition) is 5. The van der Waals surface area contributed by atoms with E-state index in [9.17, 15) is 0 Å². The molecular weight excluding hydrogens is 228 g/mol. The largest absolute Gasteiger partial charge is 0.339 e. The number of nitrogens with one attached hydrogen (secondary N) is 1. The first kappa shape index (κ1) is 15.0. The van der Waals surface area contributed by atoms with E-state index >= 15 is 0 Å². The quantitative estimate of drug-likeness (QED) is 0.809. The molecule has 2 atom stereocenters. The minimum absolute atomic E-state index is 0.242. The van der Waals surface area contributed by atoms with Crippen LogP contribution in [0.2, 0.25) is 0 Å². The van der Waals surface area contributed by atoms with Crippen molar-refractivity contribution in [2.45, 2.75) is 46.6 Å². The number of hydrogen-bond donors (Lipinski definition) is 1. The molecule has 0 bridgehead atoms. The molecule has 5 heteroatoms. The van der Waals surface area contributed by atoms with E-state index in [1.54, 1.807) is 0 Å². The Morgan fingerprint density at radius 3 is 2.28 bits per heavy atom. The predicted molar refractivity (Wildman–Crippen MR) is 74.0 cm³/mol. The van der Waals surface area contributed by atoms with Gasteiger partial charge in [0.2, 0.25) is 5.89 Å². The van der Waals surface area contributed by atoms with E-state index in [0.29, 0.717) is 17.9 Å². The van der Waals surface area contributed by atoms with E-state index in [1.165, 1.54) is 0 Å². The molecule has 104 valence electrons. The van der Waals surface area contributed by atoms with Gasteiger partial charge in [0.1, 0.15) is 0 Å². The topological polar surface area (TPSA) is 54.2 Å². The van der Waals surface area contributed by atoms with Gasteiger partial charge in [-0.3, -0.25) is 0 Å². The van der Waals surface area contributed by atoms with Gasteiger partial charge in [0.15, 0.2) is 0 Å². The Hall–Kier alpha value is -1.10. The normalized spacial score (nSPS) is 14.8. The van der Waals surface area contributed by atoms with Crippen molar-refractivity contribution in [1.82, 2.24) is 15.5 Å². The summed E-state index contributed by atoms with van der Waals surface area (Å²) in [4.78, 5) is 6.64. The molecule has 0 aromatic carbocycles. The zero-order valence-corrected chi connectivity index (χ0v) is 12.4. The Morgan fingerprint density at radius 2 is 1.83 bits per heavy atom. The molecule has 0 radical (unpaired) electrons. The highest BCUT2D eigenvalue weighted by Gasteiger charge is 2.28. The van der Waals surface area contributed by atoms with Gasteiger partial charge in [-0.1, -0.05) is 13.8 Å². The summed E-state index contributed by atoms with van der Waals surface area (Å²) in [6, 6.07) is 0.315. The number of likely N-dealkylation sites (N-methyl/N-ethyl adjacent to an activating group) is 1. The number of aromatic nitrogens is 2. The molecule has 5 nitrogen and oxygen atoms in total. The molecule has 1 rings (SSSR count). The maximum Gasteiger partial charge on any atom is 0.266 e. The second kappa shape index (κ2) is 6.73. The lowest BCUT2D eigenvalue weighted by molar-refractivity contribution is 0.285. The van der Waals surface area contributed by atoms with E-state index in [1.807, 2.05) is 7.05 Å². The predicted octanol–water partition coefficient (Wildman–Crippen LogP) is 2.26. The summed E-state index contributed by atoms with van der Waals surface area (Å²) in [5, 5.41) is 7.36. The number of nitrogens with zero attached hydrogens (tertiary/aromatic N) is 3. The Kier molecular flexibility index (Phi) is 5.59. The molecule has 0 aliphatic heterocycles. The molecule has 0 amide bonds. The third-order valence-electron chi connectivity index (χ3n) is 3.47. The van der Waals surface area contributed by atoms with E-state index in [2.05, 4.69) is 55.0 Å². The van der Waals surface area contributed by atoms with Crippen molar-refractivity contribution < 1.29 is 4.52 Å². The second-order valence-electron chi connectivity index (χ2n) is 4.95. The van der Waals surface area contributed by atoms with Crippen LogP contribution in [-0.4, -0.2) is 36.3 Å². The average Bonchev–Trinajstić information content (AvgIpc) is 2.79. The van der Waals surface area contributed by atoms with Gasteiger partial charge >= 0.3 is 0 Å². The standard InChI is InChI=1S/C13H26N4O/c1-7-17(8-2)13-15-12(18-16-13)11(9(3)4)10(5)14-6/h9-11,14H,7-8H2,1-6H3. The summed E-state index contributed by atoms with van der Waals surface area (Å²) in [5.41, 5.74) is 0. The lowest BCUT2D eigenvalue weighted by Crippen LogP contribution is -2.32. The minimum Gasteiger partial charge on any atom is -0.339 e. The average molecular weight is 254 g/mol. The van der Waals surface area contributed by atoms with Crippen LogP contribution in [0.3, 0.4) is 0 Å². The van der Waals surface area contributed by atoms with Crippen molar-refractivity contribution in [2.24, 2.45) is 5.92 Å². The Labute approximate surface area is 110 Å². The maximum absolute atomic E-state index is 5.45. The smallest absolute Gasteiger partial charge is 0.266 e. The Morgan fingerprint density at radius 1 is 1.22 bits per heavy atom. The fourth-order valence-electron chi connectivity index (χ4n) is 2.25. The lowest BCUT2D eigenvalue weighted by atomic mass is 9.89. The molecule has 0 saturated heterocycles. The SMILES string of the molecule is CCN(CC)c1noc(C(C(C)C)C(C)NC)n1. The van der Waals surface area contributed by atoms with Crippen LogP contribution < -0.4 is 10.2 Å². The summed E-state index contributed by atoms with van der Waals surface area (Å²) in [7, 11) is 1.96. The molecule has 18 heavy (non-hydrogen) atoms. The van der Waals surface area contributed by atoms with Gasteiger partial charge in [-0.25, -0.2) is 0 Å². The highest BCUT2D eigenvalue weighted by atomic mass is 16.5. The van der Waals surface area contributed by atoms with Gasteiger partial charge < -0.3 is 14.7 Å². The molecule has 0 spiro atoms. The zero-order valence-electron chi connectivity index (χ0n) is 12.4. The summed E-state index contributed by atoms with van der Waals surface area (Å²) < 4.78 is 5.45. The fraction of sp³-hybridized carbons (Fsp3) is 0.846. The molecule has 0 aliphatic rings. The van der Waals surface area contributed by atoms with Crippen LogP contribution in [0, 0.1) is 5.92 Å². The van der Waals surface area contributed by atoms with Crippen LogP contribution in [0.25, 0.3) is 0 Å². The van der Waals surface area contributed by atoms with Gasteiger partial charge in [-0.05, 0) is 38.9 Å². The van der Waals surface area contributed by atoms with E-state index < -0.39 is 0 Å². The Bertz CT molecular complexity index is 347. The third-order valence-corrected chi connectivity index (χ3v) is 3.47. The van der Waals surface area contributed by atoms with Crippen molar-refractivity contribution in [3.63, 3.8) is 0 Å². The molecule has 0 saturated carbocycles. The first-order valence-corrected chi connectivity index (χ1v) is 6.80. The van der Waals surface area contributed by atoms with Gasteiger partial charge in [-0.15, -0.1) is 0 Å². The van der Waals surface area contributed by atoms with Crippen molar-refractivity contribution >= 4 is 5.95 Å². The highest BCUT2D eigenvalue weighted by molar-refractivity contribution is 5.27. The number of rotatable bonds is 7. The van der Waals surface area contributed by atoms with Crippen LogP contribution in [0.4, 0.5) is 5.95 Å². The van der Waals surface area contributed by atoms with Gasteiger partial charge in [0.25, 0.3) is 5.95 Å². The van der Waals surface area contributed by atoms with Gasteiger partial charge in [0, 0.05) is 19.1 Å². The fourth-order valence-corrected chi connectivity index (χ4v) is 2.25. The van der Waals surface area contributed by atoms with Crippen molar-refractivity contribution in [2.75, 3.05) is 25.0 Å². The molecule has 0 fully saturated rings. The third kappa shape index (κ3) is 3.22. The van der Waals surface area contributed by atoms with Crippen molar-refractivity contribution in [3.05, 3.63) is 5.89 Å². The maximum atomic E-state index is 5.45. The van der Waals surface area contributed by atoms with Gasteiger partial charge in [-0.2, -0.15) is 4.98 Å². The molecule has 1 N–H and O–H groups in total. The molecular formula is C13H26N4O. The van der Waals surface area contributed by atoms with E-state index in [4.69, 9.17) is 4.52 Å². The van der Waals surface area contributed by atoms with E-state index in [-0.39, 0.29) is 5.92 Å². The van der Waals surface area contributed by atoms with Crippen LogP contribution in [0.5, 0.6) is 0 Å². The highest BCUT2D eigenvalue weighted by Crippen LogP contribution is 2.27. The molecule has 0 aliphatic carbocycles. The Balaban J connectivity index is 2.94. The lowest BCUT2D eigenvalue weighted by Gasteiger charge is -2.23. The van der Waals surface area contributed by atoms with E-state index in [0.717, 1.165) is 19.0 Å². The van der Waals surface area contributed by atoms with Crippen molar-refractivity contribution in [3.8, 4) is 0 Å². The van der Waals surface area contributed by atoms with Gasteiger partial charge in [0.05, 0.1) is 5.92 Å². The van der Waals surface area contributed by atoms with Crippen LogP contribution in [-0.2, 0) is 0 Å². The zero-order chi connectivity index (χ0) is 13.7. The van der Waals surface area contributed by atoms with Crippen molar-refractivity contribution in [1.29, 1.82) is 0 Å². The number of anilines is 1. The molecule has 1 aromatic rings. The summed E-state index contributed by atoms with van der Waals surface area (Å²) >= 11 is 0. The summed E-state index contributed by atoms with van der Waals surface area (Å²) in [5.74, 6) is 2.13. The minimum atomic E-state index is 0.242. The first-order chi connectivity index (χ1) is 8.54. The van der Waals surface area contributed by atoms with Crippen LogP contribution >= 0.6 is 0 Å². The first-order valence-electron chi connectivity index (χ1n) is 6.80. The molecule has 1 heterocycles. The monoisotopic (exact) mass is 254 g/mol. The van der Waals surface area contributed by atoms with Crippen LogP contribution in [0.1, 0.15) is 46.4 Å². The molecule has 1 aromatic heterocycles. The second-order valence-corrected chi connectivity index (χ2v) is 4.95. The summed E-state index contributed by atoms with van der Waals surface area (Å²) in [6.07, 6.45) is 0. The molecule has 2 unspecified atom stereocenters. The summed E-state index contributed by atoms with van der Waals surface area (Å²) in [6.45, 7) is 12.5. The van der Waals surface area contributed by atoms with Crippen LogP contribution in [0.15, 0.2) is 4.52 Å².